The van der Waals surface area contributed by atoms with Crippen molar-refractivity contribution < 1.29 is 23.1 Å². The molecule has 1 N–H and O–H groups in total. The molecule has 1 amide bonds. The maximum Gasteiger partial charge on any atom is 0.304 e. The van der Waals surface area contributed by atoms with Crippen LogP contribution in [0.5, 0.6) is 0 Å². The number of benzene rings is 2. The molecule has 2 aromatic rings. The zero-order valence-corrected chi connectivity index (χ0v) is 24.2. The lowest BCUT2D eigenvalue weighted by Crippen LogP contribution is -2.60. The van der Waals surface area contributed by atoms with Crippen molar-refractivity contribution in [3.8, 4) is 0 Å². The molecule has 0 saturated carbocycles. The molecule has 6 nitrogen and oxygen atoms in total. The average Bonchev–Trinajstić information content (AvgIpc) is 2.79. The van der Waals surface area contributed by atoms with Crippen LogP contribution >= 0.6 is 23.2 Å². The summed E-state index contributed by atoms with van der Waals surface area (Å²) in [5.74, 6) is -2.07. The van der Waals surface area contributed by atoms with Crippen LogP contribution in [0.15, 0.2) is 48.5 Å². The van der Waals surface area contributed by atoms with Gasteiger partial charge in [-0.15, -0.1) is 0 Å². The fourth-order valence-electron chi connectivity index (χ4n) is 5.33. The minimum Gasteiger partial charge on any atom is -0.481 e. The van der Waals surface area contributed by atoms with Crippen LogP contribution in [0, 0.1) is 10.8 Å². The minimum absolute atomic E-state index is 0.0582. The van der Waals surface area contributed by atoms with Gasteiger partial charge in [0.1, 0.15) is 0 Å². The molecule has 0 spiro atoms. The molecule has 37 heavy (non-hydrogen) atoms. The third kappa shape index (κ3) is 6.68. The molecule has 9 heteroatoms. The zero-order valence-electron chi connectivity index (χ0n) is 21.9. The van der Waals surface area contributed by atoms with E-state index in [1.54, 1.807) is 36.9 Å². The molecule has 0 aliphatic carbocycles. The van der Waals surface area contributed by atoms with Gasteiger partial charge in [-0.25, -0.2) is 8.42 Å². The number of halogens is 2. The molecule has 4 unspecified atom stereocenters. The van der Waals surface area contributed by atoms with Crippen molar-refractivity contribution in [3.63, 3.8) is 0 Å². The number of carboxylic acid groups (broad SMARTS) is 1. The Morgan fingerprint density at radius 2 is 1.73 bits per heavy atom. The molecule has 1 aliphatic rings. The van der Waals surface area contributed by atoms with Gasteiger partial charge in [-0.05, 0) is 47.2 Å². The normalized spacial score (nSPS) is 23.6. The molecule has 202 valence electrons. The van der Waals surface area contributed by atoms with E-state index in [0.29, 0.717) is 10.0 Å². The molecule has 0 aromatic heterocycles. The van der Waals surface area contributed by atoms with Crippen molar-refractivity contribution in [3.05, 3.63) is 69.7 Å². The summed E-state index contributed by atoms with van der Waals surface area (Å²) >= 11 is 12.6. The van der Waals surface area contributed by atoms with E-state index in [-0.39, 0.29) is 36.2 Å². The molecule has 1 fully saturated rings. The Labute approximate surface area is 229 Å². The fraction of sp³-hybridized carbons (Fsp3) is 0.500. The first kappa shape index (κ1) is 29.5. The number of rotatable bonds is 8. The number of nitrogens with zero attached hydrogens (tertiary/aromatic N) is 1. The van der Waals surface area contributed by atoms with E-state index >= 15 is 0 Å². The van der Waals surface area contributed by atoms with Crippen molar-refractivity contribution in [1.82, 2.24) is 4.90 Å². The standard InChI is InChI=1S/C28H35Cl2NO5S/c1-6-37(35,36)17-23(27(2,3)4)31-25(18-10-12-20(29)13-11-18)22(19-8-7-9-21(30)14-19)15-28(5,26(31)34)16-24(32)33/h7-14,22-23,25H,6,15-17H2,1-5H3,(H,32,33). The van der Waals surface area contributed by atoms with Gasteiger partial charge in [0.2, 0.25) is 5.91 Å². The van der Waals surface area contributed by atoms with Crippen molar-refractivity contribution >= 4 is 44.9 Å². The molecule has 1 aliphatic heterocycles. The smallest absolute Gasteiger partial charge is 0.304 e. The molecule has 0 bridgehead atoms. The molecule has 1 heterocycles. The first-order chi connectivity index (χ1) is 17.1. The number of hydrogen-bond donors (Lipinski definition) is 1. The van der Waals surface area contributed by atoms with Crippen LogP contribution < -0.4 is 0 Å². The van der Waals surface area contributed by atoms with E-state index < -0.39 is 38.7 Å². The lowest BCUT2D eigenvalue weighted by atomic mass is 9.66. The van der Waals surface area contributed by atoms with Gasteiger partial charge in [0.15, 0.2) is 9.84 Å². The molecule has 2 aromatic carbocycles. The quantitative estimate of drug-likeness (QED) is 0.399. The first-order valence-electron chi connectivity index (χ1n) is 12.3. The van der Waals surface area contributed by atoms with Crippen LogP contribution in [0.1, 0.15) is 70.5 Å². The Hall–Kier alpha value is -2.09. The highest BCUT2D eigenvalue weighted by molar-refractivity contribution is 7.91. The minimum atomic E-state index is -3.49. The number of piperidine rings is 1. The second-order valence-electron chi connectivity index (χ2n) is 11.3. The molecular formula is C28H35Cl2NO5S. The topological polar surface area (TPSA) is 91.8 Å². The van der Waals surface area contributed by atoms with E-state index in [1.807, 2.05) is 51.1 Å². The van der Waals surface area contributed by atoms with Gasteiger partial charge in [0.05, 0.1) is 29.7 Å². The highest BCUT2D eigenvalue weighted by Gasteiger charge is 2.54. The van der Waals surface area contributed by atoms with Gasteiger partial charge in [-0.1, -0.05) is 82.1 Å². The van der Waals surface area contributed by atoms with Gasteiger partial charge < -0.3 is 10.0 Å². The predicted molar refractivity (Wildman–Crippen MR) is 148 cm³/mol. The van der Waals surface area contributed by atoms with Crippen LogP contribution in [-0.4, -0.2) is 47.8 Å². The second-order valence-corrected chi connectivity index (χ2v) is 14.6. The summed E-state index contributed by atoms with van der Waals surface area (Å²) in [7, 11) is -3.49. The molecule has 4 atom stereocenters. The Morgan fingerprint density at radius 3 is 2.24 bits per heavy atom. The summed E-state index contributed by atoms with van der Waals surface area (Å²) in [4.78, 5) is 28.0. The number of hydrogen-bond acceptors (Lipinski definition) is 4. The average molecular weight is 569 g/mol. The van der Waals surface area contributed by atoms with Crippen LogP contribution in [0.4, 0.5) is 0 Å². The highest BCUT2D eigenvalue weighted by Crippen LogP contribution is 2.53. The maximum absolute atomic E-state index is 14.4. The van der Waals surface area contributed by atoms with Gasteiger partial charge >= 0.3 is 5.97 Å². The van der Waals surface area contributed by atoms with Crippen LogP contribution in [0.3, 0.4) is 0 Å². The highest BCUT2D eigenvalue weighted by atomic mass is 35.5. The third-order valence-electron chi connectivity index (χ3n) is 7.32. The van der Waals surface area contributed by atoms with Crippen molar-refractivity contribution in [2.24, 2.45) is 10.8 Å². The van der Waals surface area contributed by atoms with E-state index in [0.717, 1.165) is 11.1 Å². The van der Waals surface area contributed by atoms with Gasteiger partial charge in [0.25, 0.3) is 0 Å². The lowest BCUT2D eigenvalue weighted by molar-refractivity contribution is -0.162. The Kier molecular flexibility index (Phi) is 8.72. The maximum atomic E-state index is 14.4. The van der Waals surface area contributed by atoms with E-state index in [4.69, 9.17) is 23.2 Å². The summed E-state index contributed by atoms with van der Waals surface area (Å²) in [6.07, 6.45) is -0.107. The summed E-state index contributed by atoms with van der Waals surface area (Å²) in [5.41, 5.74) is -0.222. The largest absolute Gasteiger partial charge is 0.481 e. The van der Waals surface area contributed by atoms with E-state index in [9.17, 15) is 23.1 Å². The zero-order chi connectivity index (χ0) is 27.8. The predicted octanol–water partition coefficient (Wildman–Crippen LogP) is 6.38. The number of likely N-dealkylation sites (tertiary alicyclic amines) is 1. The molecule has 0 radical (unpaired) electrons. The summed E-state index contributed by atoms with van der Waals surface area (Å²) in [6.45, 7) is 8.99. The van der Waals surface area contributed by atoms with Crippen molar-refractivity contribution in [2.45, 2.75) is 65.5 Å². The summed E-state index contributed by atoms with van der Waals surface area (Å²) in [6, 6.07) is 13.3. The fourth-order valence-corrected chi connectivity index (χ4v) is 7.03. The number of carboxylic acids is 1. The van der Waals surface area contributed by atoms with E-state index in [1.165, 1.54) is 0 Å². The van der Waals surface area contributed by atoms with Crippen LogP contribution in [-0.2, 0) is 19.4 Å². The van der Waals surface area contributed by atoms with Gasteiger partial charge in [-0.2, -0.15) is 0 Å². The Balaban J connectivity index is 2.34. The lowest BCUT2D eigenvalue weighted by Gasteiger charge is -2.54. The number of carbonyl (C=O) groups is 2. The number of aliphatic carboxylic acids is 1. The van der Waals surface area contributed by atoms with E-state index in [2.05, 4.69) is 0 Å². The number of sulfone groups is 1. The van der Waals surface area contributed by atoms with Crippen molar-refractivity contribution in [1.29, 1.82) is 0 Å². The Morgan fingerprint density at radius 1 is 1.11 bits per heavy atom. The number of amides is 1. The molecule has 1 saturated heterocycles. The summed E-state index contributed by atoms with van der Waals surface area (Å²) in [5, 5.41) is 10.8. The third-order valence-corrected chi connectivity index (χ3v) is 9.51. The monoisotopic (exact) mass is 567 g/mol. The number of carbonyl (C=O) groups excluding carboxylic acids is 1. The summed E-state index contributed by atoms with van der Waals surface area (Å²) < 4.78 is 25.9. The van der Waals surface area contributed by atoms with Crippen LogP contribution in [0.2, 0.25) is 10.0 Å². The Bertz CT molecular complexity index is 1260. The van der Waals surface area contributed by atoms with Gasteiger partial charge in [0, 0.05) is 21.7 Å². The SMILES string of the molecule is CCS(=O)(=O)CC(N1C(=O)C(C)(CC(=O)O)CC(c2cccc(Cl)c2)C1c1ccc(Cl)cc1)C(C)(C)C. The second kappa shape index (κ2) is 11.0. The van der Waals surface area contributed by atoms with Crippen LogP contribution in [0.25, 0.3) is 0 Å². The van der Waals surface area contributed by atoms with Crippen molar-refractivity contribution in [2.75, 3.05) is 11.5 Å². The molecular weight excluding hydrogens is 533 g/mol. The first-order valence-corrected chi connectivity index (χ1v) is 14.9. The van der Waals surface area contributed by atoms with Gasteiger partial charge in [-0.3, -0.25) is 9.59 Å². The molecule has 3 rings (SSSR count).